The first kappa shape index (κ1) is 60.2. The van der Waals surface area contributed by atoms with Crippen LogP contribution in [-0.2, 0) is 79.9 Å². The predicted octanol–water partition coefficient (Wildman–Crippen LogP) is 2.02. The fourth-order valence-corrected chi connectivity index (χ4v) is 7.24. The molecule has 0 saturated carbocycles. The lowest BCUT2D eigenvalue weighted by Crippen LogP contribution is -2.53. The van der Waals surface area contributed by atoms with Crippen LogP contribution in [0, 0.1) is 11.8 Å². The van der Waals surface area contributed by atoms with Gasteiger partial charge in [0.25, 0.3) is 35.4 Å². The van der Waals surface area contributed by atoms with Gasteiger partial charge in [-0.05, 0) is 91.2 Å². The first-order valence-corrected chi connectivity index (χ1v) is 24.8. The number of hydrogen-bond acceptors (Lipinski definition) is 16. The van der Waals surface area contributed by atoms with Crippen LogP contribution >= 0.6 is 0 Å². The van der Waals surface area contributed by atoms with Crippen molar-refractivity contribution >= 4 is 71.4 Å². The fourth-order valence-electron chi connectivity index (χ4n) is 7.24. The minimum Gasteiger partial charge on any atom is -0.444 e. The van der Waals surface area contributed by atoms with Crippen molar-refractivity contribution in [1.29, 1.82) is 0 Å². The molecule has 2 heterocycles. The van der Waals surface area contributed by atoms with Crippen molar-refractivity contribution in [3.8, 4) is 11.8 Å². The maximum atomic E-state index is 14.0. The molecule has 0 radical (unpaired) electrons. The van der Waals surface area contributed by atoms with Crippen molar-refractivity contribution in [3.05, 3.63) is 71.8 Å². The van der Waals surface area contributed by atoms with Crippen LogP contribution in [0.3, 0.4) is 0 Å². The number of alkyl carbamates (subject to hydrolysis) is 2. The molecule has 0 spiro atoms. The zero-order valence-corrected chi connectivity index (χ0v) is 43.4. The Morgan fingerprint density at radius 1 is 0.487 bits per heavy atom. The van der Waals surface area contributed by atoms with Gasteiger partial charge in [-0.2, -0.15) is 0 Å². The van der Waals surface area contributed by atoms with Crippen LogP contribution < -0.4 is 31.9 Å². The summed E-state index contributed by atoms with van der Waals surface area (Å²) in [5, 5.41) is 15.8. The van der Waals surface area contributed by atoms with Gasteiger partial charge in [-0.1, -0.05) is 60.7 Å². The standard InChI is InChI=1S/C52H66N8O16/c1-51(2,3)73-49(71)53-29-15-13-21-35(47(69)75-59-41(63)25-26-42(59)64)57-45(67)37(31-33-17-9-7-10-18-33)55-39(61)23-24-40(62)56-38(32-34-19-11-8-12-20-34)46(68)58-36(48(70)76-60-43(65)27-28-44(60)66)22-14-16-30-54-50(72)74-52(4,5)6/h7-12,17-20,35-38H,13-16,21-22,25-32H2,1-6H3,(H,53,71)(H,54,72)(H,55,61)(H,56,62)(H,57,67)(H,58,68)/t35-,36-,37-,38-/m0/s1. The highest BCUT2D eigenvalue weighted by molar-refractivity contribution is 6.06. The number of amides is 10. The normalized spacial score (nSPS) is 14.9. The number of carbonyl (C=O) groups is 12. The zero-order valence-electron chi connectivity index (χ0n) is 43.4. The Balaban J connectivity index is 1.50. The fraction of sp³-hybridized carbons (Fsp3) is 0.500. The third-order valence-electron chi connectivity index (χ3n) is 10.9. The summed E-state index contributed by atoms with van der Waals surface area (Å²) in [6, 6.07) is 11.0. The van der Waals surface area contributed by atoms with Gasteiger partial charge >= 0.3 is 24.1 Å². The van der Waals surface area contributed by atoms with Crippen LogP contribution in [0.15, 0.2) is 60.7 Å². The Morgan fingerprint density at radius 3 is 1.13 bits per heavy atom. The van der Waals surface area contributed by atoms with Gasteiger partial charge in [0.15, 0.2) is 0 Å². The number of benzene rings is 2. The van der Waals surface area contributed by atoms with E-state index in [1.807, 2.05) is 0 Å². The molecule has 2 aliphatic heterocycles. The van der Waals surface area contributed by atoms with E-state index in [4.69, 9.17) is 19.1 Å². The zero-order chi connectivity index (χ0) is 56.0. The monoisotopic (exact) mass is 1060 g/mol. The van der Waals surface area contributed by atoms with Gasteiger partial charge in [-0.15, -0.1) is 10.1 Å². The molecular formula is C52H66N8O16. The van der Waals surface area contributed by atoms with E-state index >= 15 is 0 Å². The molecule has 0 bridgehead atoms. The summed E-state index contributed by atoms with van der Waals surface area (Å²) in [6.45, 7) is 10.4. The van der Waals surface area contributed by atoms with Crippen LogP contribution in [0.5, 0.6) is 0 Å². The quantitative estimate of drug-likeness (QED) is 0.0498. The van der Waals surface area contributed by atoms with Crippen LogP contribution in [0.1, 0.15) is 117 Å². The molecule has 0 aliphatic carbocycles. The predicted molar refractivity (Wildman–Crippen MR) is 266 cm³/mol. The minimum absolute atomic E-state index is 0.104. The number of hydrogen-bond donors (Lipinski definition) is 6. The number of nitrogens with one attached hydrogen (secondary N) is 6. The number of carbonyl (C=O) groups excluding carboxylic acids is 12. The molecule has 2 aromatic carbocycles. The largest absolute Gasteiger partial charge is 0.444 e. The molecule has 410 valence electrons. The second kappa shape index (κ2) is 28.9. The highest BCUT2D eigenvalue weighted by Crippen LogP contribution is 2.17. The van der Waals surface area contributed by atoms with E-state index in [1.165, 1.54) is 0 Å². The summed E-state index contributed by atoms with van der Waals surface area (Å²) in [5.74, 6) is -5.21. The molecular weight excluding hydrogens is 993 g/mol. The second-order valence-electron chi connectivity index (χ2n) is 19.6. The van der Waals surface area contributed by atoms with Crippen LogP contribution in [0.4, 0.5) is 9.59 Å². The van der Waals surface area contributed by atoms with Gasteiger partial charge in [-0.3, -0.25) is 38.4 Å². The molecule has 24 heteroatoms. The molecule has 76 heavy (non-hydrogen) atoms. The summed E-state index contributed by atoms with van der Waals surface area (Å²) >= 11 is 0. The maximum Gasteiger partial charge on any atom is 0.407 e. The average molecular weight is 1060 g/mol. The maximum absolute atomic E-state index is 14.0. The Kier molecular flexibility index (Phi) is 22.9. The summed E-state index contributed by atoms with van der Waals surface area (Å²) in [4.78, 5) is 166. The van der Waals surface area contributed by atoms with E-state index < -0.39 is 107 Å². The second-order valence-corrected chi connectivity index (χ2v) is 19.6. The Bertz CT molecular complexity index is 2310. The van der Waals surface area contributed by atoms with Crippen LogP contribution in [0.2, 0.25) is 0 Å². The highest BCUT2D eigenvalue weighted by atomic mass is 16.7. The lowest BCUT2D eigenvalue weighted by molar-refractivity contribution is -0.199. The number of ether oxygens (including phenoxy) is 2. The summed E-state index contributed by atoms with van der Waals surface area (Å²) in [7, 11) is 0. The van der Waals surface area contributed by atoms with Gasteiger partial charge in [-0.25, -0.2) is 19.2 Å². The summed E-state index contributed by atoms with van der Waals surface area (Å²) < 4.78 is 10.5. The van der Waals surface area contributed by atoms with E-state index in [1.54, 1.807) is 102 Å². The molecule has 4 rings (SSSR count). The Labute approximate surface area is 439 Å². The van der Waals surface area contributed by atoms with Crippen molar-refractivity contribution < 1.29 is 76.7 Å². The molecule has 2 fully saturated rings. The van der Waals surface area contributed by atoms with Crippen LogP contribution in [-0.4, -0.2) is 130 Å². The van der Waals surface area contributed by atoms with Crippen LogP contribution in [0.25, 0.3) is 0 Å². The number of rotatable bonds is 24. The topological polar surface area (TPSA) is 320 Å². The molecule has 0 aromatic heterocycles. The average Bonchev–Trinajstić information content (AvgIpc) is 3.84. The number of hydroxylamine groups is 4. The molecule has 0 unspecified atom stereocenters. The molecule has 4 atom stereocenters. The van der Waals surface area contributed by atoms with E-state index in [-0.39, 0.29) is 77.3 Å². The molecule has 2 saturated heterocycles. The van der Waals surface area contributed by atoms with Crippen molar-refractivity contribution in [3.63, 3.8) is 0 Å². The Morgan fingerprint density at radius 2 is 0.816 bits per heavy atom. The van der Waals surface area contributed by atoms with E-state index in [2.05, 4.69) is 43.7 Å². The molecule has 10 amide bonds. The number of nitrogens with zero attached hydrogens (tertiary/aromatic N) is 2. The number of unbranched alkanes of at least 4 members (excludes halogenated alkanes) is 2. The van der Waals surface area contributed by atoms with Gasteiger partial charge in [0.1, 0.15) is 35.4 Å². The van der Waals surface area contributed by atoms with Gasteiger partial charge in [0.2, 0.25) is 11.8 Å². The lowest BCUT2D eigenvalue weighted by atomic mass is 10.0. The highest BCUT2D eigenvalue weighted by Gasteiger charge is 2.38. The van der Waals surface area contributed by atoms with Crippen molar-refractivity contribution in [2.24, 2.45) is 0 Å². The van der Waals surface area contributed by atoms with Gasteiger partial charge in [0, 0.05) is 63.5 Å². The summed E-state index contributed by atoms with van der Waals surface area (Å²) in [5.41, 5.74) is -0.378. The van der Waals surface area contributed by atoms with E-state index in [0.29, 0.717) is 34.1 Å². The molecule has 2 aliphatic rings. The van der Waals surface area contributed by atoms with Gasteiger partial charge in [0.05, 0.1) is 0 Å². The van der Waals surface area contributed by atoms with Gasteiger partial charge < -0.3 is 51.0 Å². The molecule has 24 nitrogen and oxygen atoms in total. The third kappa shape index (κ3) is 21.6. The number of imide groups is 2. The first-order valence-electron chi connectivity index (χ1n) is 24.8. The van der Waals surface area contributed by atoms with E-state index in [0.717, 1.165) is 0 Å². The Hall–Kier alpha value is -8.36. The minimum atomic E-state index is -1.47. The van der Waals surface area contributed by atoms with Crippen molar-refractivity contribution in [1.82, 2.24) is 42.0 Å². The summed E-state index contributed by atoms with van der Waals surface area (Å²) in [6.07, 6.45) is -1.60. The van der Waals surface area contributed by atoms with Crippen molar-refractivity contribution in [2.45, 2.75) is 154 Å². The molecule has 6 N–H and O–H groups in total. The van der Waals surface area contributed by atoms with E-state index in [9.17, 15) is 57.5 Å². The molecule has 2 aromatic rings. The lowest BCUT2D eigenvalue weighted by Gasteiger charge is -2.24. The smallest absolute Gasteiger partial charge is 0.407 e. The van der Waals surface area contributed by atoms with Crippen molar-refractivity contribution in [2.75, 3.05) is 13.1 Å². The first-order chi connectivity index (χ1) is 35.9. The SMILES string of the molecule is CC(C)(C)OC(=O)NCCCC[C@H](NC(=O)[C@H](Cc1ccccc1)NC(=O)C#CC(=O)N[C@@H](Cc1ccccc1)C(=O)N[C@@H](CCCCNC(=O)OC(C)(C)C)C(=O)ON1C(=O)CCC1=O)C(=O)ON1C(=O)CCC1=O. The third-order valence-corrected chi connectivity index (χ3v) is 10.9.